The number of benzene rings is 2. The predicted molar refractivity (Wildman–Crippen MR) is 86.8 cm³/mol. The fourth-order valence-electron chi connectivity index (χ4n) is 2.33. The fraction of sp³-hybridized carbons (Fsp3) is 0.235. The molecule has 0 aliphatic carbocycles. The lowest BCUT2D eigenvalue weighted by Crippen LogP contribution is -2.34. The zero-order valence-corrected chi connectivity index (χ0v) is 13.6. The van der Waals surface area contributed by atoms with Gasteiger partial charge in [0.1, 0.15) is 19.0 Å². The van der Waals surface area contributed by atoms with Gasteiger partial charge in [-0.3, -0.25) is 8.98 Å². The summed E-state index contributed by atoms with van der Waals surface area (Å²) in [4.78, 5) is 11.0. The molecule has 0 bridgehead atoms. The Morgan fingerprint density at radius 1 is 1.12 bits per heavy atom. The summed E-state index contributed by atoms with van der Waals surface area (Å²) in [6.07, 6.45) is 0.0570. The van der Waals surface area contributed by atoms with Crippen molar-refractivity contribution >= 4 is 16.4 Å². The first-order valence-corrected chi connectivity index (χ1v) is 8.94. The number of rotatable bonds is 6. The highest BCUT2D eigenvalue weighted by Crippen LogP contribution is 2.34. The molecule has 0 saturated carbocycles. The van der Waals surface area contributed by atoms with Crippen LogP contribution >= 0.6 is 0 Å². The van der Waals surface area contributed by atoms with Gasteiger partial charge in [-0.1, -0.05) is 36.4 Å². The second-order valence-electron chi connectivity index (χ2n) is 5.32. The minimum Gasteiger partial charge on any atom is -0.486 e. The standard InChI is InChI=1S/C17H16O6S/c18-9-14-7-4-8-16-17(14)23-15(10-21-16)11-22-24(19,20)12-13-5-2-1-3-6-13/h1-9,15H,10-12H2. The number of carbonyl (C=O) groups is 1. The summed E-state index contributed by atoms with van der Waals surface area (Å²) in [6, 6.07) is 13.7. The molecule has 1 aliphatic rings. The maximum absolute atomic E-state index is 12.0. The minimum atomic E-state index is -3.73. The molecule has 0 fully saturated rings. The largest absolute Gasteiger partial charge is 0.486 e. The van der Waals surface area contributed by atoms with Crippen molar-refractivity contribution in [2.45, 2.75) is 11.9 Å². The van der Waals surface area contributed by atoms with Gasteiger partial charge in [0.2, 0.25) is 0 Å². The van der Waals surface area contributed by atoms with E-state index >= 15 is 0 Å². The molecule has 0 radical (unpaired) electrons. The smallest absolute Gasteiger partial charge is 0.271 e. The summed E-state index contributed by atoms with van der Waals surface area (Å²) in [7, 11) is -3.73. The van der Waals surface area contributed by atoms with Crippen molar-refractivity contribution in [2.75, 3.05) is 13.2 Å². The molecule has 1 unspecified atom stereocenters. The normalized spacial score (nSPS) is 16.6. The zero-order chi connectivity index (χ0) is 17.0. The average molecular weight is 348 g/mol. The summed E-state index contributed by atoms with van der Waals surface area (Å²) in [5.74, 6) is 0.563. The van der Waals surface area contributed by atoms with E-state index in [-0.39, 0.29) is 19.0 Å². The highest BCUT2D eigenvalue weighted by atomic mass is 32.2. The monoisotopic (exact) mass is 348 g/mol. The van der Waals surface area contributed by atoms with E-state index in [0.29, 0.717) is 28.9 Å². The SMILES string of the molecule is O=Cc1cccc2c1OC(COS(=O)(=O)Cc1ccccc1)CO2. The van der Waals surface area contributed by atoms with Crippen molar-refractivity contribution in [3.63, 3.8) is 0 Å². The molecule has 1 aliphatic heterocycles. The third-order valence-electron chi connectivity index (χ3n) is 3.47. The molecule has 1 heterocycles. The highest BCUT2D eigenvalue weighted by Gasteiger charge is 2.25. The first kappa shape index (κ1) is 16.5. The summed E-state index contributed by atoms with van der Waals surface area (Å²) in [6.45, 7) is -0.0298. The number of carbonyl (C=O) groups excluding carboxylic acids is 1. The Hall–Kier alpha value is -2.38. The molecule has 6 nitrogen and oxygen atoms in total. The Morgan fingerprint density at radius 3 is 2.67 bits per heavy atom. The number of hydrogen-bond acceptors (Lipinski definition) is 6. The van der Waals surface area contributed by atoms with E-state index in [1.165, 1.54) is 0 Å². The lowest BCUT2D eigenvalue weighted by Gasteiger charge is -2.26. The van der Waals surface area contributed by atoms with Gasteiger partial charge < -0.3 is 9.47 Å². The molecule has 126 valence electrons. The maximum Gasteiger partial charge on any atom is 0.271 e. The molecule has 2 aromatic carbocycles. The Labute approximate surface area is 140 Å². The fourth-order valence-corrected chi connectivity index (χ4v) is 3.37. The van der Waals surface area contributed by atoms with Crippen LogP contribution in [0.5, 0.6) is 11.5 Å². The molecule has 0 amide bonds. The first-order chi connectivity index (χ1) is 11.6. The Kier molecular flexibility index (Phi) is 4.82. The summed E-state index contributed by atoms with van der Waals surface area (Å²) >= 11 is 0. The van der Waals surface area contributed by atoms with Crippen LogP contribution < -0.4 is 9.47 Å². The van der Waals surface area contributed by atoms with Crippen LogP contribution in [0.2, 0.25) is 0 Å². The van der Waals surface area contributed by atoms with Crippen LogP contribution in [0.25, 0.3) is 0 Å². The van der Waals surface area contributed by atoms with Gasteiger partial charge >= 0.3 is 0 Å². The van der Waals surface area contributed by atoms with E-state index in [2.05, 4.69) is 0 Å². The van der Waals surface area contributed by atoms with Gasteiger partial charge in [-0.2, -0.15) is 8.42 Å². The van der Waals surface area contributed by atoms with Crippen LogP contribution in [0, 0.1) is 0 Å². The zero-order valence-electron chi connectivity index (χ0n) is 12.8. The average Bonchev–Trinajstić information content (AvgIpc) is 2.60. The van der Waals surface area contributed by atoms with Gasteiger partial charge in [-0.15, -0.1) is 0 Å². The lowest BCUT2D eigenvalue weighted by atomic mass is 10.2. The number of aldehydes is 1. The van der Waals surface area contributed by atoms with Crippen LogP contribution in [-0.4, -0.2) is 34.0 Å². The van der Waals surface area contributed by atoms with Crippen molar-refractivity contribution < 1.29 is 26.9 Å². The summed E-state index contributed by atoms with van der Waals surface area (Å²) < 4.78 is 40.3. The molecule has 0 N–H and O–H groups in total. The van der Waals surface area contributed by atoms with Crippen LogP contribution in [0.3, 0.4) is 0 Å². The van der Waals surface area contributed by atoms with Crippen molar-refractivity contribution in [3.8, 4) is 11.5 Å². The van der Waals surface area contributed by atoms with Crippen molar-refractivity contribution in [3.05, 3.63) is 59.7 Å². The maximum atomic E-state index is 12.0. The Bertz CT molecular complexity index is 816. The Morgan fingerprint density at radius 2 is 1.92 bits per heavy atom. The summed E-state index contributed by atoms with van der Waals surface area (Å²) in [5, 5.41) is 0. The second-order valence-corrected chi connectivity index (χ2v) is 6.96. The molecule has 24 heavy (non-hydrogen) atoms. The molecule has 0 spiro atoms. The lowest BCUT2D eigenvalue weighted by molar-refractivity contribution is 0.0544. The van der Waals surface area contributed by atoms with E-state index in [1.54, 1.807) is 42.5 Å². The van der Waals surface area contributed by atoms with E-state index in [0.717, 1.165) is 0 Å². The number of fused-ring (bicyclic) bond motifs is 1. The first-order valence-electron chi connectivity index (χ1n) is 7.36. The molecule has 3 rings (SSSR count). The number of ether oxygens (including phenoxy) is 2. The van der Waals surface area contributed by atoms with E-state index in [9.17, 15) is 13.2 Å². The van der Waals surface area contributed by atoms with Crippen LogP contribution in [0.15, 0.2) is 48.5 Å². The van der Waals surface area contributed by atoms with Crippen molar-refractivity contribution in [1.29, 1.82) is 0 Å². The molecule has 0 aromatic heterocycles. The van der Waals surface area contributed by atoms with E-state index < -0.39 is 16.2 Å². The molecular weight excluding hydrogens is 332 g/mol. The number of hydrogen-bond donors (Lipinski definition) is 0. The van der Waals surface area contributed by atoms with Crippen molar-refractivity contribution in [2.24, 2.45) is 0 Å². The van der Waals surface area contributed by atoms with Crippen molar-refractivity contribution in [1.82, 2.24) is 0 Å². The van der Waals surface area contributed by atoms with Gasteiger partial charge in [-0.05, 0) is 17.7 Å². The van der Waals surface area contributed by atoms with Gasteiger partial charge in [0.15, 0.2) is 23.9 Å². The molecule has 2 aromatic rings. The van der Waals surface area contributed by atoms with E-state index in [1.807, 2.05) is 6.07 Å². The second kappa shape index (κ2) is 7.02. The molecule has 0 saturated heterocycles. The van der Waals surface area contributed by atoms with Crippen LogP contribution in [0.1, 0.15) is 15.9 Å². The predicted octanol–water partition coefficient (Wildman–Crippen LogP) is 2.19. The number of para-hydroxylation sites is 1. The topological polar surface area (TPSA) is 78.9 Å². The Balaban J connectivity index is 1.62. The molecule has 1 atom stereocenters. The highest BCUT2D eigenvalue weighted by molar-refractivity contribution is 7.85. The van der Waals surface area contributed by atoms with Gasteiger partial charge in [0.05, 0.1) is 5.56 Å². The third kappa shape index (κ3) is 3.93. The molecular formula is C17H16O6S. The molecule has 7 heteroatoms. The third-order valence-corrected chi connectivity index (χ3v) is 4.65. The van der Waals surface area contributed by atoms with Gasteiger partial charge in [0, 0.05) is 0 Å². The minimum absolute atomic E-state index is 0.149. The van der Waals surface area contributed by atoms with Crippen LogP contribution in [-0.2, 0) is 20.1 Å². The quantitative estimate of drug-likeness (QED) is 0.588. The van der Waals surface area contributed by atoms with Crippen LogP contribution in [0.4, 0.5) is 0 Å². The summed E-state index contributed by atoms with van der Waals surface area (Å²) in [5.41, 5.74) is 0.997. The van der Waals surface area contributed by atoms with Gasteiger partial charge in [0.25, 0.3) is 10.1 Å². The van der Waals surface area contributed by atoms with Gasteiger partial charge in [-0.25, -0.2) is 0 Å². The van der Waals surface area contributed by atoms with E-state index in [4.69, 9.17) is 13.7 Å².